The van der Waals surface area contributed by atoms with Crippen molar-refractivity contribution in [2.45, 2.75) is 76.1 Å². The SMILES string of the molecule is C[C@@H]1CC[C@H]2[C@@H](C)[C@](OCCO)(C(F)(F)F)O[C@@H]3O[C@]4(C)CC[C@@H]1C32OO4. The minimum absolute atomic E-state index is 0.0305. The fraction of sp³-hybridized carbons (Fsp3) is 1.00. The first-order valence-electron chi connectivity index (χ1n) is 9.63. The second-order valence-corrected chi connectivity index (χ2v) is 8.55. The summed E-state index contributed by atoms with van der Waals surface area (Å²) in [6.07, 6.45) is -3.48. The maximum absolute atomic E-state index is 14.2. The van der Waals surface area contributed by atoms with E-state index in [9.17, 15) is 13.2 Å². The Kier molecular flexibility index (Phi) is 4.61. The lowest BCUT2D eigenvalue weighted by molar-refractivity contribution is -0.599. The Morgan fingerprint density at radius 3 is 2.48 bits per heavy atom. The minimum Gasteiger partial charge on any atom is -0.394 e. The Balaban J connectivity index is 1.82. The van der Waals surface area contributed by atoms with Crippen LogP contribution in [0.3, 0.4) is 0 Å². The second-order valence-electron chi connectivity index (χ2n) is 8.55. The Hall–Kier alpha value is -0.450. The van der Waals surface area contributed by atoms with Crippen molar-refractivity contribution in [1.82, 2.24) is 0 Å². The molecule has 0 aromatic rings. The van der Waals surface area contributed by atoms with Crippen LogP contribution in [0.4, 0.5) is 13.2 Å². The molecule has 4 saturated heterocycles. The number of hydrogen-bond acceptors (Lipinski definition) is 6. The molecule has 5 rings (SSSR count). The molecule has 6 nitrogen and oxygen atoms in total. The van der Waals surface area contributed by atoms with Crippen molar-refractivity contribution in [1.29, 1.82) is 0 Å². The van der Waals surface area contributed by atoms with Crippen molar-refractivity contribution in [3.8, 4) is 0 Å². The summed E-state index contributed by atoms with van der Waals surface area (Å²) < 4.78 is 59.4. The highest BCUT2D eigenvalue weighted by Gasteiger charge is 2.77. The van der Waals surface area contributed by atoms with Gasteiger partial charge in [0.05, 0.1) is 13.2 Å². The molecule has 1 aliphatic carbocycles. The summed E-state index contributed by atoms with van der Waals surface area (Å²) in [6, 6.07) is 0. The molecule has 27 heavy (non-hydrogen) atoms. The van der Waals surface area contributed by atoms with Crippen LogP contribution in [0.25, 0.3) is 0 Å². The highest BCUT2D eigenvalue weighted by Crippen LogP contribution is 2.64. The Morgan fingerprint density at radius 1 is 1.07 bits per heavy atom. The van der Waals surface area contributed by atoms with E-state index in [0.717, 1.165) is 12.8 Å². The van der Waals surface area contributed by atoms with E-state index in [1.54, 1.807) is 6.92 Å². The maximum Gasteiger partial charge on any atom is 0.443 e. The van der Waals surface area contributed by atoms with Gasteiger partial charge >= 0.3 is 6.18 Å². The molecule has 9 heteroatoms. The summed E-state index contributed by atoms with van der Waals surface area (Å²) in [5, 5.41) is 9.07. The molecule has 1 N–H and O–H groups in total. The lowest BCUT2D eigenvalue weighted by Gasteiger charge is -2.62. The highest BCUT2D eigenvalue weighted by molar-refractivity contribution is 5.12. The first-order valence-corrected chi connectivity index (χ1v) is 9.63. The number of ether oxygens (including phenoxy) is 3. The van der Waals surface area contributed by atoms with Crippen LogP contribution in [0.5, 0.6) is 0 Å². The van der Waals surface area contributed by atoms with Gasteiger partial charge in [-0.05, 0) is 38.0 Å². The van der Waals surface area contributed by atoms with Crippen LogP contribution in [-0.2, 0) is 24.0 Å². The number of aliphatic hydroxyl groups is 1. The van der Waals surface area contributed by atoms with Gasteiger partial charge in [0.2, 0.25) is 5.79 Å². The van der Waals surface area contributed by atoms with E-state index >= 15 is 0 Å². The van der Waals surface area contributed by atoms with Crippen LogP contribution >= 0.6 is 0 Å². The standard InChI is InChI=1S/C18H27F3O6/c1-10-4-5-13-11(2)17(18(19,20)21,23-9-8-22)25-14-16(13)12(10)6-7-15(3,24-14)26-27-16/h10-14,22H,4-9H2,1-3H3/t10-,11-,12+,13+,14+,15+,16?,17-/m1/s1. The molecule has 0 radical (unpaired) electrons. The van der Waals surface area contributed by atoms with Gasteiger partial charge in [0.15, 0.2) is 11.9 Å². The molecule has 0 aromatic heterocycles. The van der Waals surface area contributed by atoms with Crippen LogP contribution < -0.4 is 0 Å². The molecule has 1 unspecified atom stereocenters. The van der Waals surface area contributed by atoms with Crippen molar-refractivity contribution in [3.63, 3.8) is 0 Å². The fourth-order valence-corrected chi connectivity index (χ4v) is 5.69. The van der Waals surface area contributed by atoms with Gasteiger partial charge in [-0.1, -0.05) is 13.8 Å². The quantitative estimate of drug-likeness (QED) is 0.740. The normalized spacial score (nSPS) is 52.3. The van der Waals surface area contributed by atoms with Crippen LogP contribution in [0, 0.1) is 23.7 Å². The monoisotopic (exact) mass is 396 g/mol. The zero-order valence-electron chi connectivity index (χ0n) is 15.8. The first-order chi connectivity index (χ1) is 12.6. The number of fused-ring (bicyclic) bond motifs is 2. The van der Waals surface area contributed by atoms with Crippen LogP contribution in [0.1, 0.15) is 46.5 Å². The highest BCUT2D eigenvalue weighted by atomic mass is 19.4. The molecule has 1 spiro atoms. The molecule has 4 heterocycles. The van der Waals surface area contributed by atoms with Crippen LogP contribution in [-0.4, -0.2) is 48.0 Å². The number of rotatable bonds is 3. The Bertz CT molecular complexity index is 588. The summed E-state index contributed by atoms with van der Waals surface area (Å²) in [5.74, 6) is -5.36. The predicted octanol–water partition coefficient (Wildman–Crippen LogP) is 3.14. The van der Waals surface area contributed by atoms with Gasteiger partial charge in [0.25, 0.3) is 5.79 Å². The van der Waals surface area contributed by atoms with E-state index in [1.165, 1.54) is 6.92 Å². The lowest BCUT2D eigenvalue weighted by atomic mass is 9.57. The topological polar surface area (TPSA) is 66.4 Å². The first kappa shape index (κ1) is 19.8. The van der Waals surface area contributed by atoms with E-state index in [4.69, 9.17) is 29.1 Å². The summed E-state index contributed by atoms with van der Waals surface area (Å²) in [6.45, 7) is 4.21. The zero-order chi connectivity index (χ0) is 19.7. The number of alkyl halides is 3. The molecular formula is C18H27F3O6. The molecule has 156 valence electrons. The average molecular weight is 396 g/mol. The van der Waals surface area contributed by atoms with Crippen molar-refractivity contribution >= 4 is 0 Å². The van der Waals surface area contributed by atoms with Crippen LogP contribution in [0.15, 0.2) is 0 Å². The number of aliphatic hydroxyl groups excluding tert-OH is 1. The molecule has 8 atom stereocenters. The molecule has 0 aromatic carbocycles. The molecule has 5 aliphatic rings. The zero-order valence-corrected chi connectivity index (χ0v) is 15.8. The summed E-state index contributed by atoms with van der Waals surface area (Å²) in [5.41, 5.74) is -1.09. The van der Waals surface area contributed by atoms with Crippen molar-refractivity contribution in [2.24, 2.45) is 23.7 Å². The third-order valence-electron chi connectivity index (χ3n) is 7.06. The Morgan fingerprint density at radius 2 is 1.81 bits per heavy atom. The van der Waals surface area contributed by atoms with E-state index < -0.39 is 54.7 Å². The lowest BCUT2D eigenvalue weighted by Crippen LogP contribution is -2.76. The van der Waals surface area contributed by atoms with Gasteiger partial charge in [-0.3, -0.25) is 0 Å². The van der Waals surface area contributed by atoms with Crippen LogP contribution in [0.2, 0.25) is 0 Å². The maximum atomic E-state index is 14.2. The smallest absolute Gasteiger partial charge is 0.394 e. The van der Waals surface area contributed by atoms with Crippen molar-refractivity contribution < 1.29 is 42.3 Å². The van der Waals surface area contributed by atoms with E-state index in [2.05, 4.69) is 6.92 Å². The van der Waals surface area contributed by atoms with Gasteiger partial charge in [-0.2, -0.15) is 13.2 Å². The summed E-state index contributed by atoms with van der Waals surface area (Å²) in [4.78, 5) is 11.4. The van der Waals surface area contributed by atoms with E-state index in [1.807, 2.05) is 0 Å². The predicted molar refractivity (Wildman–Crippen MR) is 84.9 cm³/mol. The minimum atomic E-state index is -4.79. The Labute approximate surface area is 156 Å². The van der Waals surface area contributed by atoms with Gasteiger partial charge in [0, 0.05) is 18.3 Å². The molecule has 4 aliphatic heterocycles. The molecule has 0 amide bonds. The molecule has 2 bridgehead atoms. The number of halogens is 3. The third kappa shape index (κ3) is 2.62. The summed E-state index contributed by atoms with van der Waals surface area (Å²) >= 11 is 0. The third-order valence-corrected chi connectivity index (χ3v) is 7.06. The van der Waals surface area contributed by atoms with E-state index in [0.29, 0.717) is 12.8 Å². The van der Waals surface area contributed by atoms with Gasteiger partial charge in [-0.25, -0.2) is 9.78 Å². The van der Waals surface area contributed by atoms with Gasteiger partial charge in [-0.15, -0.1) is 0 Å². The molecule has 1 saturated carbocycles. The summed E-state index contributed by atoms with van der Waals surface area (Å²) in [7, 11) is 0. The van der Waals surface area contributed by atoms with Crippen molar-refractivity contribution in [2.75, 3.05) is 13.2 Å². The fourth-order valence-electron chi connectivity index (χ4n) is 5.69. The van der Waals surface area contributed by atoms with Gasteiger partial charge < -0.3 is 19.3 Å². The second kappa shape index (κ2) is 6.27. The molecule has 5 fully saturated rings. The average Bonchev–Trinajstić information content (AvgIpc) is 2.82. The molecular weight excluding hydrogens is 369 g/mol. The number of hydrogen-bond donors (Lipinski definition) is 1. The van der Waals surface area contributed by atoms with E-state index in [-0.39, 0.29) is 11.8 Å². The van der Waals surface area contributed by atoms with Crippen molar-refractivity contribution in [3.05, 3.63) is 0 Å². The largest absolute Gasteiger partial charge is 0.443 e. The van der Waals surface area contributed by atoms with Gasteiger partial charge in [0.1, 0.15) is 0 Å².